The van der Waals surface area contributed by atoms with Crippen molar-refractivity contribution >= 4 is 60.0 Å². The molecule has 0 aliphatic heterocycles. The fourth-order valence-corrected chi connectivity index (χ4v) is 3.54. The Morgan fingerprint density at radius 3 is 2.73 bits per heavy atom. The molecule has 0 aliphatic carbocycles. The summed E-state index contributed by atoms with van der Waals surface area (Å²) in [5, 5.41) is 29.4. The molecule has 0 spiro atoms. The molecule has 0 unspecified atom stereocenters. The molecule has 9 nitrogen and oxygen atoms in total. The van der Waals surface area contributed by atoms with Crippen LogP contribution < -0.4 is 4.74 Å². The van der Waals surface area contributed by atoms with Crippen molar-refractivity contribution in [2.45, 2.75) is 6.54 Å². The monoisotopic (exact) mass is 536 g/mol. The Morgan fingerprint density at radius 1 is 1.30 bits per heavy atom. The van der Waals surface area contributed by atoms with Gasteiger partial charge in [-0.15, -0.1) is 16.8 Å². The number of halogens is 2. The zero-order valence-corrected chi connectivity index (χ0v) is 18.5. The molecule has 1 amide bonds. The Morgan fingerprint density at radius 2 is 2.07 bits per heavy atom. The van der Waals surface area contributed by atoms with Crippen molar-refractivity contribution < 1.29 is 19.6 Å². The smallest absolute Gasteiger partial charge is 0.302 e. The number of benzene rings is 2. The molecule has 0 fully saturated rings. The normalized spacial score (nSPS) is 11.1. The minimum Gasteiger partial charge on any atom is -0.493 e. The number of azo groups is 1. The van der Waals surface area contributed by atoms with Crippen LogP contribution in [0.4, 0.5) is 11.4 Å². The minimum atomic E-state index is -0.695. The van der Waals surface area contributed by atoms with E-state index in [0.717, 1.165) is 4.47 Å². The van der Waals surface area contributed by atoms with Crippen LogP contribution in [0.15, 0.2) is 68.2 Å². The van der Waals surface area contributed by atoms with E-state index in [-0.39, 0.29) is 23.0 Å². The van der Waals surface area contributed by atoms with Gasteiger partial charge in [-0.25, -0.2) is 0 Å². The van der Waals surface area contributed by atoms with E-state index in [1.165, 1.54) is 18.2 Å². The number of carbonyl (C=O) groups excluding carboxylic acids is 1. The molecule has 2 aromatic carbocycles. The van der Waals surface area contributed by atoms with Crippen LogP contribution >= 0.6 is 31.9 Å². The van der Waals surface area contributed by atoms with E-state index >= 15 is 0 Å². The summed E-state index contributed by atoms with van der Waals surface area (Å²) in [7, 11) is 0. The summed E-state index contributed by atoms with van der Waals surface area (Å²) in [5.74, 6) is -0.587. The summed E-state index contributed by atoms with van der Waals surface area (Å²) in [6.07, 6.45) is 1.63. The molecule has 0 saturated heterocycles. The van der Waals surface area contributed by atoms with Crippen molar-refractivity contribution in [3.63, 3.8) is 0 Å². The maximum absolute atomic E-state index is 12.1. The number of rotatable bonds is 7. The van der Waals surface area contributed by atoms with Crippen molar-refractivity contribution in [3.8, 4) is 11.6 Å². The van der Waals surface area contributed by atoms with Crippen LogP contribution in [0.2, 0.25) is 0 Å². The van der Waals surface area contributed by atoms with Crippen LogP contribution in [0.3, 0.4) is 0 Å². The van der Waals surface area contributed by atoms with Crippen LogP contribution in [-0.2, 0) is 11.3 Å². The summed E-state index contributed by atoms with van der Waals surface area (Å²) < 4.78 is 8.04. The largest absolute Gasteiger partial charge is 0.493 e. The summed E-state index contributed by atoms with van der Waals surface area (Å²) in [4.78, 5) is 22.3. The van der Waals surface area contributed by atoms with Gasteiger partial charge in [0.05, 0.1) is 14.9 Å². The average Bonchev–Trinajstić information content (AvgIpc) is 2.96. The van der Waals surface area contributed by atoms with Gasteiger partial charge in [-0.05, 0) is 40.2 Å². The first-order valence-corrected chi connectivity index (χ1v) is 10.0. The number of ether oxygens (including phenoxy) is 1. The van der Waals surface area contributed by atoms with Gasteiger partial charge in [0.15, 0.2) is 12.3 Å². The van der Waals surface area contributed by atoms with Crippen LogP contribution in [0, 0.1) is 10.1 Å². The van der Waals surface area contributed by atoms with Gasteiger partial charge < -0.3 is 14.4 Å². The lowest BCUT2D eigenvalue weighted by atomic mass is 10.2. The highest BCUT2D eigenvalue weighted by Crippen LogP contribution is 2.40. The van der Waals surface area contributed by atoms with Gasteiger partial charge in [-0.2, -0.15) is 0 Å². The number of aromatic hydroxyl groups is 1. The number of fused-ring (bicyclic) bond motifs is 1. The number of non-ortho nitro benzene ring substituents is 1. The molecule has 1 N–H and O–H groups in total. The summed E-state index contributed by atoms with van der Waals surface area (Å²) in [6, 6.07) is 9.29. The zero-order chi connectivity index (χ0) is 21.8. The first-order valence-electron chi connectivity index (χ1n) is 8.44. The van der Waals surface area contributed by atoms with Crippen LogP contribution in [0.25, 0.3) is 10.9 Å². The Balaban J connectivity index is 1.79. The first kappa shape index (κ1) is 21.7. The second-order valence-corrected chi connectivity index (χ2v) is 7.76. The second-order valence-electron chi connectivity index (χ2n) is 5.99. The number of carbonyl (C=O) groups is 1. The molecule has 30 heavy (non-hydrogen) atoms. The van der Waals surface area contributed by atoms with E-state index in [4.69, 9.17) is 4.74 Å². The molecule has 1 heterocycles. The quantitative estimate of drug-likeness (QED) is 0.180. The summed E-state index contributed by atoms with van der Waals surface area (Å²) >= 11 is 6.53. The van der Waals surface area contributed by atoms with Crippen LogP contribution in [0.1, 0.15) is 0 Å². The Labute approximate surface area is 187 Å². The van der Waals surface area contributed by atoms with Gasteiger partial charge in [-0.3, -0.25) is 14.9 Å². The molecule has 0 saturated carbocycles. The van der Waals surface area contributed by atoms with E-state index in [9.17, 15) is 20.0 Å². The number of hydrogen-bond donors (Lipinski definition) is 1. The third kappa shape index (κ3) is 4.57. The van der Waals surface area contributed by atoms with Gasteiger partial charge in [-0.1, -0.05) is 22.0 Å². The number of amides is 1. The Bertz CT molecular complexity index is 1190. The van der Waals surface area contributed by atoms with Gasteiger partial charge in [0.25, 0.3) is 5.69 Å². The highest BCUT2D eigenvalue weighted by atomic mass is 79.9. The van der Waals surface area contributed by atoms with Crippen molar-refractivity contribution in [2.24, 2.45) is 10.2 Å². The molecule has 3 rings (SSSR count). The molecule has 0 aliphatic rings. The van der Waals surface area contributed by atoms with Crippen molar-refractivity contribution in [2.75, 3.05) is 6.61 Å². The molecule has 0 bridgehead atoms. The van der Waals surface area contributed by atoms with E-state index in [1.54, 1.807) is 22.8 Å². The van der Waals surface area contributed by atoms with Gasteiger partial charge in [0, 0.05) is 28.5 Å². The molecule has 0 atom stereocenters. The maximum Gasteiger partial charge on any atom is 0.302 e. The van der Waals surface area contributed by atoms with E-state index < -0.39 is 17.4 Å². The van der Waals surface area contributed by atoms with Crippen LogP contribution in [-0.4, -0.2) is 27.1 Å². The fraction of sp³-hybridized carbons (Fsp3) is 0.105. The predicted octanol–water partition coefficient (Wildman–Crippen LogP) is 5.66. The SMILES string of the molecule is C=CCn1c(O)c(N=NC(=O)COc2ccc([N+](=O)[O-])cc2Br)c2cc(Br)ccc21. The third-order valence-corrected chi connectivity index (χ3v) is 5.14. The van der Waals surface area contributed by atoms with Gasteiger partial charge >= 0.3 is 5.91 Å². The lowest BCUT2D eigenvalue weighted by Gasteiger charge is -2.05. The molecular formula is C19H14Br2N4O5. The maximum atomic E-state index is 12.1. The van der Waals surface area contributed by atoms with Crippen LogP contribution in [0.5, 0.6) is 11.6 Å². The van der Waals surface area contributed by atoms with Crippen molar-refractivity contribution in [1.29, 1.82) is 0 Å². The van der Waals surface area contributed by atoms with E-state index in [1.807, 2.05) is 6.07 Å². The average molecular weight is 538 g/mol. The molecule has 3 aromatic rings. The number of hydrogen-bond acceptors (Lipinski definition) is 6. The minimum absolute atomic E-state index is 0.113. The number of nitrogens with zero attached hydrogens (tertiary/aromatic N) is 4. The first-order chi connectivity index (χ1) is 14.3. The highest BCUT2D eigenvalue weighted by molar-refractivity contribution is 9.10. The predicted molar refractivity (Wildman–Crippen MR) is 117 cm³/mol. The fourth-order valence-electron chi connectivity index (χ4n) is 2.70. The highest BCUT2D eigenvalue weighted by Gasteiger charge is 2.17. The third-order valence-electron chi connectivity index (χ3n) is 4.02. The van der Waals surface area contributed by atoms with Gasteiger partial charge in [0.2, 0.25) is 5.88 Å². The number of nitro benzene ring substituents is 1. The van der Waals surface area contributed by atoms with E-state index in [0.29, 0.717) is 21.9 Å². The second kappa shape index (κ2) is 9.18. The van der Waals surface area contributed by atoms with E-state index in [2.05, 4.69) is 48.7 Å². The lowest BCUT2D eigenvalue weighted by Crippen LogP contribution is -2.08. The van der Waals surface area contributed by atoms with Crippen molar-refractivity contribution in [1.82, 2.24) is 4.57 Å². The molecule has 11 heteroatoms. The molecule has 154 valence electrons. The Kier molecular flexibility index (Phi) is 6.63. The standard InChI is InChI=1S/C19H14Br2N4O5/c1-2-7-24-15-5-3-11(20)8-13(15)18(19(24)27)23-22-17(26)10-30-16-6-4-12(25(28)29)9-14(16)21/h2-6,8-9,27H,1,7,10H2. The topological polar surface area (TPSA) is 119 Å². The molecule has 1 aromatic heterocycles. The van der Waals surface area contributed by atoms with Crippen molar-refractivity contribution in [3.05, 3.63) is 68.1 Å². The molecule has 0 radical (unpaired) electrons. The number of nitro groups is 1. The van der Waals surface area contributed by atoms with Gasteiger partial charge in [0.1, 0.15) is 5.75 Å². The summed E-state index contributed by atoms with van der Waals surface area (Å²) in [6.45, 7) is 3.59. The number of aromatic nitrogens is 1. The molecular weight excluding hydrogens is 524 g/mol. The number of allylic oxidation sites excluding steroid dienone is 1. The Hall–Kier alpha value is -3.05. The summed E-state index contributed by atoms with van der Waals surface area (Å²) in [5.41, 5.74) is 0.749. The zero-order valence-electron chi connectivity index (χ0n) is 15.3. The lowest BCUT2D eigenvalue weighted by molar-refractivity contribution is -0.384.